The number of rotatable bonds is 1. The van der Waals surface area contributed by atoms with Crippen LogP contribution in [0.4, 0.5) is 11.8 Å². The standard InChI is InChI=1S/C15H13Cl2N5O/c16-6-1-9-11-13(23-12(9)10(17)2-6)14(21-15(18)20-11)22-5-7-3-8(22)4-19-7/h1-2,7-8,19H,3-5H2,(H2,18,20,21)/t7-,8+/m0/s1. The fourth-order valence-corrected chi connectivity index (χ4v) is 4.22. The maximum Gasteiger partial charge on any atom is 0.222 e. The number of piperazine rings is 1. The molecule has 2 aliphatic heterocycles. The molecule has 0 aliphatic carbocycles. The molecular formula is C15H13Cl2N5O. The molecule has 23 heavy (non-hydrogen) atoms. The molecule has 0 saturated carbocycles. The van der Waals surface area contributed by atoms with Crippen LogP contribution in [0.1, 0.15) is 6.42 Å². The highest BCUT2D eigenvalue weighted by Crippen LogP contribution is 2.40. The molecule has 0 unspecified atom stereocenters. The van der Waals surface area contributed by atoms with Gasteiger partial charge in [0, 0.05) is 30.2 Å². The van der Waals surface area contributed by atoms with Crippen molar-refractivity contribution in [3.63, 3.8) is 0 Å². The van der Waals surface area contributed by atoms with Gasteiger partial charge in [0.2, 0.25) is 5.95 Å². The number of furan rings is 1. The lowest BCUT2D eigenvalue weighted by Crippen LogP contribution is -2.44. The van der Waals surface area contributed by atoms with Crippen molar-refractivity contribution in [2.45, 2.75) is 18.5 Å². The van der Waals surface area contributed by atoms with Gasteiger partial charge in [0.05, 0.1) is 10.4 Å². The summed E-state index contributed by atoms with van der Waals surface area (Å²) in [5, 5.41) is 5.23. The Labute approximate surface area is 141 Å². The fraction of sp³-hybridized carbons (Fsp3) is 0.333. The molecule has 4 heterocycles. The van der Waals surface area contributed by atoms with E-state index in [2.05, 4.69) is 20.2 Å². The van der Waals surface area contributed by atoms with Crippen molar-refractivity contribution >= 4 is 57.0 Å². The van der Waals surface area contributed by atoms with Gasteiger partial charge in [-0.25, -0.2) is 4.98 Å². The number of benzene rings is 1. The van der Waals surface area contributed by atoms with Crippen molar-refractivity contribution in [3.05, 3.63) is 22.2 Å². The highest BCUT2D eigenvalue weighted by Gasteiger charge is 2.39. The molecule has 2 atom stereocenters. The van der Waals surface area contributed by atoms with Gasteiger partial charge in [-0.05, 0) is 18.6 Å². The molecule has 8 heteroatoms. The first-order valence-electron chi connectivity index (χ1n) is 7.45. The highest BCUT2D eigenvalue weighted by molar-refractivity contribution is 6.39. The lowest BCUT2D eigenvalue weighted by atomic mass is 10.2. The Morgan fingerprint density at radius 3 is 2.87 bits per heavy atom. The molecule has 0 spiro atoms. The average Bonchev–Trinajstić information content (AvgIpc) is 3.20. The molecule has 0 radical (unpaired) electrons. The maximum absolute atomic E-state index is 6.27. The first-order valence-corrected chi connectivity index (χ1v) is 8.20. The molecule has 5 rings (SSSR count). The molecule has 1 aromatic carbocycles. The Bertz CT molecular complexity index is 956. The van der Waals surface area contributed by atoms with Gasteiger partial charge in [-0.3, -0.25) is 0 Å². The molecule has 3 N–H and O–H groups in total. The molecule has 3 aromatic rings. The van der Waals surface area contributed by atoms with Crippen LogP contribution in [0, 0.1) is 0 Å². The second-order valence-corrected chi connectivity index (χ2v) is 6.94. The van der Waals surface area contributed by atoms with E-state index in [1.165, 1.54) is 0 Å². The van der Waals surface area contributed by atoms with E-state index in [4.69, 9.17) is 33.4 Å². The summed E-state index contributed by atoms with van der Waals surface area (Å²) >= 11 is 12.4. The van der Waals surface area contributed by atoms with E-state index in [9.17, 15) is 0 Å². The number of hydrogen-bond acceptors (Lipinski definition) is 6. The number of aromatic nitrogens is 2. The monoisotopic (exact) mass is 349 g/mol. The predicted octanol–water partition coefficient (Wildman–Crippen LogP) is 2.82. The Hall–Kier alpha value is -1.76. The van der Waals surface area contributed by atoms with Crippen molar-refractivity contribution in [1.29, 1.82) is 0 Å². The maximum atomic E-state index is 6.27. The smallest absolute Gasteiger partial charge is 0.222 e. The van der Waals surface area contributed by atoms with Crippen LogP contribution in [0.3, 0.4) is 0 Å². The zero-order valence-corrected chi connectivity index (χ0v) is 13.5. The quantitative estimate of drug-likeness (QED) is 0.703. The van der Waals surface area contributed by atoms with E-state index >= 15 is 0 Å². The molecule has 0 amide bonds. The summed E-state index contributed by atoms with van der Waals surface area (Å²) in [5.74, 6) is 0.965. The minimum atomic E-state index is 0.224. The first-order chi connectivity index (χ1) is 11.1. The number of nitrogens with zero attached hydrogens (tertiary/aromatic N) is 3. The molecule has 2 saturated heterocycles. The van der Waals surface area contributed by atoms with Gasteiger partial charge in [0.15, 0.2) is 17.0 Å². The predicted molar refractivity (Wildman–Crippen MR) is 91.3 cm³/mol. The summed E-state index contributed by atoms with van der Waals surface area (Å²) in [6, 6.07) is 4.35. The van der Waals surface area contributed by atoms with Crippen LogP contribution in [0.25, 0.3) is 22.1 Å². The lowest BCUT2D eigenvalue weighted by Gasteiger charge is -2.28. The van der Waals surface area contributed by atoms with Gasteiger partial charge in [-0.1, -0.05) is 23.2 Å². The van der Waals surface area contributed by atoms with E-state index in [1.807, 2.05) is 0 Å². The normalized spacial score (nSPS) is 23.5. The van der Waals surface area contributed by atoms with E-state index in [1.54, 1.807) is 12.1 Å². The molecule has 2 fully saturated rings. The Kier molecular flexibility index (Phi) is 2.75. The molecule has 2 aliphatic rings. The number of halogens is 2. The summed E-state index contributed by atoms with van der Waals surface area (Å²) < 4.78 is 6.01. The van der Waals surface area contributed by atoms with Crippen molar-refractivity contribution in [3.8, 4) is 0 Å². The van der Waals surface area contributed by atoms with Crippen LogP contribution in [-0.2, 0) is 0 Å². The first kappa shape index (κ1) is 13.7. The van der Waals surface area contributed by atoms with Gasteiger partial charge in [0.25, 0.3) is 0 Å². The van der Waals surface area contributed by atoms with Gasteiger partial charge in [-0.2, -0.15) is 4.98 Å². The van der Waals surface area contributed by atoms with Gasteiger partial charge in [0.1, 0.15) is 5.52 Å². The van der Waals surface area contributed by atoms with Crippen LogP contribution in [0.15, 0.2) is 16.5 Å². The summed E-state index contributed by atoms with van der Waals surface area (Å²) in [6.45, 7) is 1.84. The van der Waals surface area contributed by atoms with Crippen LogP contribution >= 0.6 is 23.2 Å². The third-order valence-electron chi connectivity index (χ3n) is 4.66. The molecule has 2 bridgehead atoms. The third-order valence-corrected chi connectivity index (χ3v) is 5.16. The SMILES string of the molecule is Nc1nc(N2C[C@@H]3C[C@@H]2CN3)c2oc3c(Cl)cc(Cl)cc3c2n1. The lowest BCUT2D eigenvalue weighted by molar-refractivity contribution is 0.572. The Balaban J connectivity index is 1.81. The second kappa shape index (κ2) is 4.63. The number of anilines is 2. The van der Waals surface area contributed by atoms with E-state index in [0.717, 1.165) is 30.7 Å². The average molecular weight is 350 g/mol. The van der Waals surface area contributed by atoms with Crippen molar-refractivity contribution in [2.24, 2.45) is 0 Å². The van der Waals surface area contributed by atoms with Gasteiger partial charge < -0.3 is 20.4 Å². The van der Waals surface area contributed by atoms with Crippen LogP contribution < -0.4 is 16.0 Å². The second-order valence-electron chi connectivity index (χ2n) is 6.10. The topological polar surface area (TPSA) is 80.2 Å². The largest absolute Gasteiger partial charge is 0.449 e. The van der Waals surface area contributed by atoms with Crippen molar-refractivity contribution < 1.29 is 4.42 Å². The zero-order chi connectivity index (χ0) is 15.7. The minimum absolute atomic E-state index is 0.224. The van der Waals surface area contributed by atoms with Crippen LogP contribution in [0.5, 0.6) is 0 Å². The minimum Gasteiger partial charge on any atom is -0.449 e. The number of nitrogen functional groups attached to an aromatic ring is 1. The van der Waals surface area contributed by atoms with Crippen LogP contribution in [-0.4, -0.2) is 35.1 Å². The van der Waals surface area contributed by atoms with Crippen molar-refractivity contribution in [1.82, 2.24) is 15.3 Å². The summed E-state index contributed by atoms with van der Waals surface area (Å²) in [6.07, 6.45) is 1.11. The number of fused-ring (bicyclic) bond motifs is 5. The molecular weight excluding hydrogens is 337 g/mol. The van der Waals surface area contributed by atoms with Crippen molar-refractivity contribution in [2.75, 3.05) is 23.7 Å². The fourth-order valence-electron chi connectivity index (χ4n) is 3.69. The van der Waals surface area contributed by atoms with E-state index < -0.39 is 0 Å². The zero-order valence-electron chi connectivity index (χ0n) is 12.0. The van der Waals surface area contributed by atoms with E-state index in [0.29, 0.717) is 38.8 Å². The van der Waals surface area contributed by atoms with Crippen LogP contribution in [0.2, 0.25) is 10.0 Å². The van der Waals surface area contributed by atoms with Gasteiger partial charge >= 0.3 is 0 Å². The molecule has 2 aromatic heterocycles. The molecule has 118 valence electrons. The number of hydrogen-bond donors (Lipinski definition) is 2. The molecule has 6 nitrogen and oxygen atoms in total. The van der Waals surface area contributed by atoms with E-state index in [-0.39, 0.29) is 5.95 Å². The summed E-state index contributed by atoms with van der Waals surface area (Å²) in [4.78, 5) is 11.0. The summed E-state index contributed by atoms with van der Waals surface area (Å²) in [5.41, 5.74) is 7.78. The summed E-state index contributed by atoms with van der Waals surface area (Å²) in [7, 11) is 0. The number of nitrogens with two attached hydrogens (primary N) is 1. The number of nitrogens with one attached hydrogen (secondary N) is 1. The van der Waals surface area contributed by atoms with Gasteiger partial charge in [-0.15, -0.1) is 0 Å². The highest BCUT2D eigenvalue weighted by atomic mass is 35.5. The Morgan fingerprint density at radius 2 is 2.13 bits per heavy atom. The third kappa shape index (κ3) is 1.92. The Morgan fingerprint density at radius 1 is 1.26 bits per heavy atom.